The molecule has 0 aromatic carbocycles. The van der Waals surface area contributed by atoms with E-state index in [0.717, 1.165) is 0 Å². The number of carbonyl (C=O) groups is 1. The maximum atomic E-state index is 11.3. The van der Waals surface area contributed by atoms with Crippen molar-refractivity contribution >= 4 is 6.09 Å². The van der Waals surface area contributed by atoms with Crippen LogP contribution in [0.25, 0.3) is 0 Å². The molecule has 0 spiro atoms. The van der Waals surface area contributed by atoms with Crippen LogP contribution in [0.2, 0.25) is 0 Å². The normalized spacial score (nSPS) is 9.93. The van der Waals surface area contributed by atoms with Gasteiger partial charge in [-0.1, -0.05) is 0 Å². The number of ether oxygens (including phenoxy) is 2. The van der Waals surface area contributed by atoms with E-state index in [4.69, 9.17) is 14.6 Å². The van der Waals surface area contributed by atoms with E-state index in [-0.39, 0.29) is 13.2 Å². The van der Waals surface area contributed by atoms with Gasteiger partial charge < -0.3 is 19.5 Å². The molecule has 0 saturated carbocycles. The van der Waals surface area contributed by atoms with Crippen molar-refractivity contribution in [2.45, 2.75) is 13.8 Å². The molecular formula is C9H19NO4. The third-order valence-corrected chi connectivity index (χ3v) is 1.67. The molecule has 0 aliphatic carbocycles. The van der Waals surface area contributed by atoms with Crippen molar-refractivity contribution < 1.29 is 19.4 Å². The molecule has 0 aromatic heterocycles. The van der Waals surface area contributed by atoms with Crippen molar-refractivity contribution in [3.8, 4) is 0 Å². The molecule has 0 rings (SSSR count). The van der Waals surface area contributed by atoms with Crippen LogP contribution in [0.3, 0.4) is 0 Å². The molecule has 5 nitrogen and oxygen atoms in total. The fourth-order valence-corrected chi connectivity index (χ4v) is 0.922. The van der Waals surface area contributed by atoms with E-state index in [1.165, 1.54) is 4.90 Å². The summed E-state index contributed by atoms with van der Waals surface area (Å²) in [4.78, 5) is 12.8. The van der Waals surface area contributed by atoms with E-state index in [1.54, 1.807) is 0 Å². The molecule has 0 atom stereocenters. The number of likely N-dealkylation sites (N-methyl/N-ethyl adjacent to an activating group) is 1. The Morgan fingerprint density at radius 3 is 2.57 bits per heavy atom. The number of amides is 1. The molecule has 0 saturated heterocycles. The molecule has 14 heavy (non-hydrogen) atoms. The molecule has 5 heteroatoms. The van der Waals surface area contributed by atoms with E-state index >= 15 is 0 Å². The first-order valence-electron chi connectivity index (χ1n) is 4.86. The molecule has 0 aliphatic rings. The molecule has 0 unspecified atom stereocenters. The van der Waals surface area contributed by atoms with Crippen molar-refractivity contribution in [1.29, 1.82) is 0 Å². The molecule has 0 heterocycles. The van der Waals surface area contributed by atoms with E-state index < -0.39 is 6.09 Å². The van der Waals surface area contributed by atoms with Crippen LogP contribution in [0.15, 0.2) is 0 Å². The number of hydrogen-bond acceptors (Lipinski definition) is 4. The predicted octanol–water partition coefficient (Wildman–Crippen LogP) is 0.474. The molecule has 0 bridgehead atoms. The van der Waals surface area contributed by atoms with Crippen LogP contribution >= 0.6 is 0 Å². The first-order valence-corrected chi connectivity index (χ1v) is 4.86. The van der Waals surface area contributed by atoms with Gasteiger partial charge in [-0.25, -0.2) is 4.79 Å². The summed E-state index contributed by atoms with van der Waals surface area (Å²) < 4.78 is 9.88. The highest BCUT2D eigenvalue weighted by molar-refractivity contribution is 5.67. The van der Waals surface area contributed by atoms with Crippen LogP contribution in [0.4, 0.5) is 4.79 Å². The molecule has 0 radical (unpaired) electrons. The molecular weight excluding hydrogens is 186 g/mol. The highest BCUT2D eigenvalue weighted by Crippen LogP contribution is 1.93. The van der Waals surface area contributed by atoms with Gasteiger partial charge in [0.05, 0.1) is 13.2 Å². The second-order valence-electron chi connectivity index (χ2n) is 2.61. The first-order chi connectivity index (χ1) is 6.76. The Balaban J connectivity index is 3.69. The Kier molecular flexibility index (Phi) is 8.27. The molecule has 1 amide bonds. The smallest absolute Gasteiger partial charge is 0.409 e. The van der Waals surface area contributed by atoms with Gasteiger partial charge in [0.25, 0.3) is 0 Å². The van der Waals surface area contributed by atoms with E-state index in [2.05, 4.69) is 0 Å². The Morgan fingerprint density at radius 2 is 2.07 bits per heavy atom. The highest BCUT2D eigenvalue weighted by atomic mass is 16.6. The predicted molar refractivity (Wildman–Crippen MR) is 52.2 cm³/mol. The van der Waals surface area contributed by atoms with Crippen LogP contribution in [-0.2, 0) is 9.47 Å². The SMILES string of the molecule is CCOCCN(CC)C(=O)OCCO. The summed E-state index contributed by atoms with van der Waals surface area (Å²) in [5.41, 5.74) is 0. The molecule has 84 valence electrons. The molecule has 0 aliphatic heterocycles. The topological polar surface area (TPSA) is 59.0 Å². The minimum atomic E-state index is -0.402. The zero-order valence-corrected chi connectivity index (χ0v) is 8.86. The highest BCUT2D eigenvalue weighted by Gasteiger charge is 2.11. The largest absolute Gasteiger partial charge is 0.447 e. The lowest BCUT2D eigenvalue weighted by Crippen LogP contribution is -2.34. The van der Waals surface area contributed by atoms with E-state index in [0.29, 0.717) is 26.3 Å². The van der Waals surface area contributed by atoms with Gasteiger partial charge in [-0.3, -0.25) is 0 Å². The van der Waals surface area contributed by atoms with Gasteiger partial charge in [-0.2, -0.15) is 0 Å². The monoisotopic (exact) mass is 205 g/mol. The maximum Gasteiger partial charge on any atom is 0.409 e. The van der Waals surface area contributed by atoms with Gasteiger partial charge >= 0.3 is 6.09 Å². The summed E-state index contributed by atoms with van der Waals surface area (Å²) in [6, 6.07) is 0. The lowest BCUT2D eigenvalue weighted by Gasteiger charge is -2.19. The zero-order valence-electron chi connectivity index (χ0n) is 8.86. The van der Waals surface area contributed by atoms with Crippen molar-refractivity contribution in [2.24, 2.45) is 0 Å². The molecule has 0 fully saturated rings. The van der Waals surface area contributed by atoms with Crippen molar-refractivity contribution in [3.63, 3.8) is 0 Å². The fraction of sp³-hybridized carbons (Fsp3) is 0.889. The van der Waals surface area contributed by atoms with Crippen LogP contribution in [0, 0.1) is 0 Å². The maximum absolute atomic E-state index is 11.3. The summed E-state index contributed by atoms with van der Waals surface area (Å²) in [7, 11) is 0. The first kappa shape index (κ1) is 13.2. The van der Waals surface area contributed by atoms with E-state index in [9.17, 15) is 4.79 Å². The summed E-state index contributed by atoms with van der Waals surface area (Å²) in [5.74, 6) is 0. The van der Waals surface area contributed by atoms with Gasteiger partial charge in [0.15, 0.2) is 0 Å². The van der Waals surface area contributed by atoms with Crippen LogP contribution in [-0.4, -0.2) is 55.6 Å². The summed E-state index contributed by atoms with van der Waals surface area (Å²) in [6.45, 7) is 5.93. The second-order valence-corrected chi connectivity index (χ2v) is 2.61. The van der Waals surface area contributed by atoms with Crippen LogP contribution < -0.4 is 0 Å². The number of rotatable bonds is 7. The lowest BCUT2D eigenvalue weighted by atomic mass is 10.5. The average molecular weight is 205 g/mol. The number of nitrogens with zero attached hydrogens (tertiary/aromatic N) is 1. The van der Waals surface area contributed by atoms with Crippen LogP contribution in [0.1, 0.15) is 13.8 Å². The van der Waals surface area contributed by atoms with Crippen LogP contribution in [0.5, 0.6) is 0 Å². The Labute approximate surface area is 84.6 Å². The standard InChI is InChI=1S/C9H19NO4/c1-3-10(5-7-13-4-2)9(12)14-8-6-11/h11H,3-8H2,1-2H3. The second kappa shape index (κ2) is 8.77. The number of aliphatic hydroxyl groups is 1. The number of aliphatic hydroxyl groups excluding tert-OH is 1. The Bertz CT molecular complexity index is 152. The fourth-order valence-electron chi connectivity index (χ4n) is 0.922. The van der Waals surface area contributed by atoms with Crippen molar-refractivity contribution in [3.05, 3.63) is 0 Å². The summed E-state index contributed by atoms with van der Waals surface area (Å²) >= 11 is 0. The summed E-state index contributed by atoms with van der Waals surface area (Å²) in [5, 5.41) is 8.46. The minimum absolute atomic E-state index is 0.0456. The quantitative estimate of drug-likeness (QED) is 0.614. The minimum Gasteiger partial charge on any atom is -0.447 e. The third-order valence-electron chi connectivity index (χ3n) is 1.67. The number of carbonyl (C=O) groups excluding carboxylic acids is 1. The zero-order chi connectivity index (χ0) is 10.8. The van der Waals surface area contributed by atoms with Gasteiger partial charge in [0, 0.05) is 19.7 Å². The van der Waals surface area contributed by atoms with E-state index in [1.807, 2.05) is 13.8 Å². The third kappa shape index (κ3) is 5.77. The molecule has 0 aromatic rings. The summed E-state index contributed by atoms with van der Waals surface area (Å²) in [6.07, 6.45) is -0.402. The average Bonchev–Trinajstić information content (AvgIpc) is 2.21. The van der Waals surface area contributed by atoms with Gasteiger partial charge in [0.1, 0.15) is 6.61 Å². The number of hydrogen-bond donors (Lipinski definition) is 1. The lowest BCUT2D eigenvalue weighted by molar-refractivity contribution is 0.0692. The van der Waals surface area contributed by atoms with Crippen molar-refractivity contribution in [2.75, 3.05) is 39.5 Å². The molecule has 1 N–H and O–H groups in total. The Hall–Kier alpha value is -0.810. The van der Waals surface area contributed by atoms with Gasteiger partial charge in [0.2, 0.25) is 0 Å². The Morgan fingerprint density at radius 1 is 1.36 bits per heavy atom. The van der Waals surface area contributed by atoms with Gasteiger partial charge in [-0.05, 0) is 13.8 Å². The van der Waals surface area contributed by atoms with Gasteiger partial charge in [-0.15, -0.1) is 0 Å². The van der Waals surface area contributed by atoms with Crippen molar-refractivity contribution in [1.82, 2.24) is 4.90 Å².